The molecule has 0 heterocycles. The van der Waals surface area contributed by atoms with Crippen LogP contribution in [0.25, 0.3) is 0 Å². The van der Waals surface area contributed by atoms with Gasteiger partial charge in [-0.15, -0.1) is 0 Å². The minimum atomic E-state index is -4.20. The van der Waals surface area contributed by atoms with Crippen LogP contribution in [-0.4, -0.2) is 44.3 Å². The van der Waals surface area contributed by atoms with Gasteiger partial charge < -0.3 is 10.2 Å². The van der Waals surface area contributed by atoms with E-state index in [1.54, 1.807) is 55.5 Å². The van der Waals surface area contributed by atoms with Gasteiger partial charge in [-0.2, -0.15) is 0 Å². The molecule has 0 aliphatic rings. The van der Waals surface area contributed by atoms with Crippen molar-refractivity contribution in [3.05, 3.63) is 132 Å². The van der Waals surface area contributed by atoms with Crippen LogP contribution in [0.2, 0.25) is 0 Å². The summed E-state index contributed by atoms with van der Waals surface area (Å²) in [6, 6.07) is 29.2. The fourth-order valence-electron chi connectivity index (χ4n) is 4.94. The average Bonchev–Trinajstić information content (AvgIpc) is 3.03. The number of benzene rings is 4. The van der Waals surface area contributed by atoms with E-state index in [0.29, 0.717) is 18.7 Å². The van der Waals surface area contributed by atoms with Crippen LogP contribution in [0.3, 0.4) is 0 Å². The molecule has 9 heteroatoms. The number of carbonyl (C=O) groups excluding carboxylic acids is 2. The third-order valence-corrected chi connectivity index (χ3v) is 8.95. The summed E-state index contributed by atoms with van der Waals surface area (Å²) in [4.78, 5) is 29.2. The maximum atomic E-state index is 14.9. The molecule has 1 N–H and O–H groups in total. The maximum Gasteiger partial charge on any atom is 0.264 e. The largest absolute Gasteiger partial charge is 0.355 e. The Balaban J connectivity index is 1.82. The number of carbonyl (C=O) groups is 2. The van der Waals surface area contributed by atoms with Crippen molar-refractivity contribution in [1.82, 2.24) is 10.2 Å². The first-order valence-corrected chi connectivity index (χ1v) is 15.7. The van der Waals surface area contributed by atoms with Gasteiger partial charge >= 0.3 is 0 Å². The molecule has 0 fully saturated rings. The Bertz CT molecular complexity index is 1630. The number of nitrogens with zero attached hydrogens (tertiary/aromatic N) is 2. The first-order valence-electron chi connectivity index (χ1n) is 14.3. The van der Waals surface area contributed by atoms with Gasteiger partial charge in [-0.25, -0.2) is 12.8 Å². The molecule has 0 aliphatic heterocycles. The monoisotopic (exact) mass is 601 g/mol. The Morgan fingerprint density at radius 2 is 1.37 bits per heavy atom. The zero-order chi connectivity index (χ0) is 30.8. The fraction of sp³-hybridized carbons (Fsp3) is 0.235. The highest BCUT2D eigenvalue weighted by Gasteiger charge is 2.35. The number of anilines is 1. The van der Waals surface area contributed by atoms with Gasteiger partial charge in [0.05, 0.1) is 10.6 Å². The van der Waals surface area contributed by atoms with Crippen LogP contribution < -0.4 is 9.62 Å². The number of hydrogen-bond acceptors (Lipinski definition) is 4. The average molecular weight is 602 g/mol. The number of aryl methyl sites for hydroxylation is 1. The Labute approximate surface area is 253 Å². The van der Waals surface area contributed by atoms with E-state index < -0.39 is 40.2 Å². The Morgan fingerprint density at radius 3 is 2.00 bits per heavy atom. The lowest BCUT2D eigenvalue weighted by atomic mass is 10.0. The number of likely N-dealkylation sites (N-methyl/N-ethyl adjacent to an activating group) is 1. The number of hydrogen-bond donors (Lipinski definition) is 1. The van der Waals surface area contributed by atoms with Crippen LogP contribution in [0.1, 0.15) is 30.5 Å². The van der Waals surface area contributed by atoms with E-state index in [0.717, 1.165) is 15.4 Å². The van der Waals surface area contributed by atoms with Crippen LogP contribution >= 0.6 is 0 Å². The summed E-state index contributed by atoms with van der Waals surface area (Å²) in [5.74, 6) is -1.58. The van der Waals surface area contributed by atoms with Crippen molar-refractivity contribution in [2.24, 2.45) is 0 Å². The van der Waals surface area contributed by atoms with Gasteiger partial charge in [0.25, 0.3) is 10.0 Å². The minimum Gasteiger partial charge on any atom is -0.355 e. The first-order chi connectivity index (χ1) is 20.8. The van der Waals surface area contributed by atoms with Crippen molar-refractivity contribution in [2.45, 2.75) is 44.2 Å². The third-order valence-electron chi connectivity index (χ3n) is 7.17. The molecule has 7 nitrogen and oxygen atoms in total. The molecule has 224 valence electrons. The summed E-state index contributed by atoms with van der Waals surface area (Å²) in [5, 5.41) is 2.80. The van der Waals surface area contributed by atoms with E-state index >= 15 is 0 Å². The summed E-state index contributed by atoms with van der Waals surface area (Å²) in [6.45, 7) is 3.19. The van der Waals surface area contributed by atoms with E-state index in [1.165, 1.54) is 23.1 Å². The molecule has 0 saturated heterocycles. The lowest BCUT2D eigenvalue weighted by Crippen LogP contribution is -2.53. The normalized spacial score (nSPS) is 11.9. The molecular weight excluding hydrogens is 565 g/mol. The van der Waals surface area contributed by atoms with Crippen molar-refractivity contribution < 1.29 is 22.4 Å². The van der Waals surface area contributed by atoms with Crippen LogP contribution in [-0.2, 0) is 39.0 Å². The second kappa shape index (κ2) is 14.6. The summed E-state index contributed by atoms with van der Waals surface area (Å²) >= 11 is 0. The van der Waals surface area contributed by atoms with E-state index in [2.05, 4.69) is 5.32 Å². The summed E-state index contributed by atoms with van der Waals surface area (Å²) < 4.78 is 44.2. The molecule has 4 rings (SSSR count). The van der Waals surface area contributed by atoms with Crippen LogP contribution in [0.5, 0.6) is 0 Å². The molecule has 0 aromatic heterocycles. The molecule has 0 bridgehead atoms. The number of para-hydroxylation sites is 1. The van der Waals surface area contributed by atoms with Gasteiger partial charge in [0.1, 0.15) is 18.4 Å². The molecule has 43 heavy (non-hydrogen) atoms. The molecule has 0 aliphatic carbocycles. The standard InChI is InChI=1S/C34H36FN3O4S/c1-3-27-17-12-14-22-31(27)38(43(41,42)29-19-9-6-10-20-29)25-33(39)37(24-28-18-11-13-21-30(28)35)32(34(40)36-4-2)23-26-15-7-5-8-16-26/h5-22,32H,3-4,23-25H2,1-2H3,(H,36,40)/t32-/m0/s1. The lowest BCUT2D eigenvalue weighted by Gasteiger charge is -2.34. The summed E-state index contributed by atoms with van der Waals surface area (Å²) in [5.41, 5.74) is 2.12. The number of nitrogens with one attached hydrogen (secondary N) is 1. The smallest absolute Gasteiger partial charge is 0.264 e. The highest BCUT2D eigenvalue weighted by atomic mass is 32.2. The summed E-state index contributed by atoms with van der Waals surface area (Å²) in [7, 11) is -4.20. The number of sulfonamides is 1. The Hall–Kier alpha value is -4.50. The van der Waals surface area contributed by atoms with Gasteiger partial charge in [0.2, 0.25) is 11.8 Å². The zero-order valence-electron chi connectivity index (χ0n) is 24.3. The molecule has 2 amide bonds. The second-order valence-electron chi connectivity index (χ2n) is 10.0. The SMILES string of the molecule is CCNC(=O)[C@H](Cc1ccccc1)N(Cc1ccccc1F)C(=O)CN(c1ccccc1CC)S(=O)(=O)c1ccccc1. The Morgan fingerprint density at radius 1 is 0.791 bits per heavy atom. The molecule has 0 unspecified atom stereocenters. The summed E-state index contributed by atoms with van der Waals surface area (Å²) in [6.07, 6.45) is 0.684. The van der Waals surface area contributed by atoms with E-state index in [1.807, 2.05) is 49.4 Å². The highest BCUT2D eigenvalue weighted by molar-refractivity contribution is 7.92. The van der Waals surface area contributed by atoms with Crippen molar-refractivity contribution in [3.8, 4) is 0 Å². The fourth-order valence-corrected chi connectivity index (χ4v) is 6.42. The van der Waals surface area contributed by atoms with Crippen LogP contribution in [0.15, 0.2) is 114 Å². The molecule has 1 atom stereocenters. The number of amides is 2. The zero-order valence-corrected chi connectivity index (χ0v) is 25.1. The van der Waals surface area contributed by atoms with Gasteiger partial charge in [-0.3, -0.25) is 13.9 Å². The maximum absolute atomic E-state index is 14.9. The molecule has 0 radical (unpaired) electrons. The molecule has 0 saturated carbocycles. The highest BCUT2D eigenvalue weighted by Crippen LogP contribution is 2.28. The van der Waals surface area contributed by atoms with Crippen LogP contribution in [0, 0.1) is 5.82 Å². The number of halogens is 1. The van der Waals surface area contributed by atoms with Crippen LogP contribution in [0.4, 0.5) is 10.1 Å². The quantitative estimate of drug-likeness (QED) is 0.224. The van der Waals surface area contributed by atoms with Gasteiger partial charge in [0.15, 0.2) is 0 Å². The van der Waals surface area contributed by atoms with Crippen molar-refractivity contribution in [2.75, 3.05) is 17.4 Å². The number of rotatable bonds is 13. The van der Waals surface area contributed by atoms with E-state index in [-0.39, 0.29) is 23.4 Å². The predicted octanol–water partition coefficient (Wildman–Crippen LogP) is 5.36. The lowest BCUT2D eigenvalue weighted by molar-refractivity contribution is -0.140. The van der Waals surface area contributed by atoms with Gasteiger partial charge in [0, 0.05) is 25.1 Å². The van der Waals surface area contributed by atoms with Gasteiger partial charge in [-0.05, 0) is 48.7 Å². The van der Waals surface area contributed by atoms with Gasteiger partial charge in [-0.1, -0.05) is 91.9 Å². The molecule has 0 spiro atoms. The molecular formula is C34H36FN3O4S. The molecule has 4 aromatic carbocycles. The van der Waals surface area contributed by atoms with E-state index in [9.17, 15) is 22.4 Å². The van der Waals surface area contributed by atoms with Crippen molar-refractivity contribution >= 4 is 27.5 Å². The molecule has 4 aromatic rings. The minimum absolute atomic E-state index is 0.0268. The third kappa shape index (κ3) is 7.67. The topological polar surface area (TPSA) is 86.8 Å². The van der Waals surface area contributed by atoms with Crippen molar-refractivity contribution in [1.29, 1.82) is 0 Å². The Kier molecular flexibility index (Phi) is 10.7. The predicted molar refractivity (Wildman–Crippen MR) is 166 cm³/mol. The second-order valence-corrected chi connectivity index (χ2v) is 11.9. The first kappa shape index (κ1) is 31.4. The van der Waals surface area contributed by atoms with Crippen molar-refractivity contribution in [3.63, 3.8) is 0 Å². The van der Waals surface area contributed by atoms with E-state index in [4.69, 9.17) is 0 Å².